The summed E-state index contributed by atoms with van der Waals surface area (Å²) in [5, 5.41) is 11.0. The Hall–Kier alpha value is -1.49. The molecule has 0 aliphatic carbocycles. The first-order valence-electron chi connectivity index (χ1n) is 5.04. The first-order chi connectivity index (χ1) is 7.70. The lowest BCUT2D eigenvalue weighted by Crippen LogP contribution is -1.92. The van der Waals surface area contributed by atoms with Crippen molar-refractivity contribution in [2.45, 2.75) is 19.8 Å². The first-order valence-corrected chi connectivity index (χ1v) is 5.92. The van der Waals surface area contributed by atoms with Gasteiger partial charge < -0.3 is 4.74 Å². The van der Waals surface area contributed by atoms with Crippen LogP contribution in [0.5, 0.6) is 5.88 Å². The quantitative estimate of drug-likeness (QED) is 0.820. The third kappa shape index (κ3) is 2.19. The largest absolute Gasteiger partial charge is 0.480 e. The van der Waals surface area contributed by atoms with Gasteiger partial charge in [-0.05, 0) is 12.0 Å². The summed E-state index contributed by atoms with van der Waals surface area (Å²) < 4.78 is 4.96. The number of aromatic nitrogens is 3. The molecule has 0 atom stereocenters. The van der Waals surface area contributed by atoms with Gasteiger partial charge in [0.05, 0.1) is 12.8 Å². The highest BCUT2D eigenvalue weighted by atomic mass is 32.1. The Morgan fingerprint density at radius 1 is 1.25 bits per heavy atom. The van der Waals surface area contributed by atoms with Crippen molar-refractivity contribution < 1.29 is 4.74 Å². The van der Waals surface area contributed by atoms with Crippen molar-refractivity contribution in [3.05, 3.63) is 23.2 Å². The van der Waals surface area contributed by atoms with E-state index in [1.807, 2.05) is 6.07 Å². The van der Waals surface area contributed by atoms with Gasteiger partial charge in [0.25, 0.3) is 0 Å². The highest BCUT2D eigenvalue weighted by molar-refractivity contribution is 7.13. The van der Waals surface area contributed by atoms with Crippen LogP contribution in [0.4, 0.5) is 0 Å². The van der Waals surface area contributed by atoms with E-state index >= 15 is 0 Å². The zero-order chi connectivity index (χ0) is 11.5. The lowest BCUT2D eigenvalue weighted by atomic mass is 10.2. The van der Waals surface area contributed by atoms with Crippen LogP contribution in [0.3, 0.4) is 0 Å². The van der Waals surface area contributed by atoms with Gasteiger partial charge in [-0.25, -0.2) is 4.98 Å². The molecule has 2 aromatic rings. The van der Waals surface area contributed by atoms with E-state index in [4.69, 9.17) is 4.74 Å². The predicted octanol–water partition coefficient (Wildman–Crippen LogP) is 2.73. The van der Waals surface area contributed by atoms with Gasteiger partial charge in [-0.2, -0.15) is 0 Å². The van der Waals surface area contributed by atoms with Crippen molar-refractivity contribution in [2.24, 2.45) is 0 Å². The third-order valence-corrected chi connectivity index (χ3v) is 3.06. The maximum atomic E-state index is 4.96. The second-order valence-electron chi connectivity index (χ2n) is 3.69. The maximum Gasteiger partial charge on any atom is 0.233 e. The van der Waals surface area contributed by atoms with Gasteiger partial charge in [0.15, 0.2) is 0 Å². The lowest BCUT2D eigenvalue weighted by Gasteiger charge is -1.98. The topological polar surface area (TPSA) is 47.9 Å². The Morgan fingerprint density at radius 3 is 2.56 bits per heavy atom. The Labute approximate surface area is 98.3 Å². The third-order valence-electron chi connectivity index (χ3n) is 2.18. The van der Waals surface area contributed by atoms with Gasteiger partial charge in [0.2, 0.25) is 5.88 Å². The minimum atomic E-state index is 0.441. The molecule has 0 amide bonds. The fourth-order valence-electron chi connectivity index (χ4n) is 1.21. The summed E-state index contributed by atoms with van der Waals surface area (Å²) in [6, 6.07) is 3.66. The van der Waals surface area contributed by atoms with Gasteiger partial charge in [-0.1, -0.05) is 13.8 Å². The second kappa shape index (κ2) is 4.57. The molecule has 2 rings (SSSR count). The molecule has 0 saturated heterocycles. The van der Waals surface area contributed by atoms with Gasteiger partial charge in [-0.3, -0.25) is 0 Å². The minimum absolute atomic E-state index is 0.441. The van der Waals surface area contributed by atoms with Crippen LogP contribution in [0.25, 0.3) is 10.7 Å². The number of hydrogen-bond acceptors (Lipinski definition) is 5. The van der Waals surface area contributed by atoms with Crippen molar-refractivity contribution in [1.29, 1.82) is 0 Å². The SMILES string of the molecule is COc1ccc(-c2nc(C(C)C)cs2)nn1. The molecule has 0 radical (unpaired) electrons. The molecule has 0 aliphatic heterocycles. The van der Waals surface area contributed by atoms with E-state index in [1.165, 1.54) is 0 Å². The summed E-state index contributed by atoms with van der Waals surface area (Å²) >= 11 is 1.59. The molecule has 0 saturated carbocycles. The van der Waals surface area contributed by atoms with Crippen LogP contribution >= 0.6 is 11.3 Å². The summed E-state index contributed by atoms with van der Waals surface area (Å²) in [6.45, 7) is 4.25. The van der Waals surface area contributed by atoms with Crippen LogP contribution in [0, 0.1) is 0 Å². The summed E-state index contributed by atoms with van der Waals surface area (Å²) in [4.78, 5) is 4.51. The number of ether oxygens (including phenoxy) is 1. The molecule has 5 heteroatoms. The molecule has 2 heterocycles. The highest BCUT2D eigenvalue weighted by Gasteiger charge is 2.09. The summed E-state index contributed by atoms with van der Waals surface area (Å²) in [7, 11) is 1.57. The van der Waals surface area contributed by atoms with Crippen LogP contribution in [0.2, 0.25) is 0 Å². The zero-order valence-electron chi connectivity index (χ0n) is 9.47. The molecule has 0 aromatic carbocycles. The van der Waals surface area contributed by atoms with E-state index < -0.39 is 0 Å². The zero-order valence-corrected chi connectivity index (χ0v) is 10.3. The predicted molar refractivity (Wildman–Crippen MR) is 63.8 cm³/mol. The Morgan fingerprint density at radius 2 is 2.06 bits per heavy atom. The Kier molecular flexibility index (Phi) is 3.14. The standard InChI is InChI=1S/C11H13N3OS/c1-7(2)9-6-16-11(12-9)8-4-5-10(15-3)14-13-8/h4-7H,1-3H3. The molecule has 16 heavy (non-hydrogen) atoms. The Balaban J connectivity index is 2.28. The molecule has 84 valence electrons. The molecule has 2 aromatic heterocycles. The molecule has 0 spiro atoms. The van der Waals surface area contributed by atoms with E-state index in [0.717, 1.165) is 16.4 Å². The van der Waals surface area contributed by atoms with Crippen molar-refractivity contribution >= 4 is 11.3 Å². The number of nitrogens with zero attached hydrogens (tertiary/aromatic N) is 3. The normalized spacial score (nSPS) is 10.8. The minimum Gasteiger partial charge on any atom is -0.480 e. The maximum absolute atomic E-state index is 4.96. The van der Waals surface area contributed by atoms with Crippen LogP contribution in [0.1, 0.15) is 25.5 Å². The summed E-state index contributed by atoms with van der Waals surface area (Å²) in [5.41, 5.74) is 1.88. The van der Waals surface area contributed by atoms with E-state index in [2.05, 4.69) is 34.4 Å². The van der Waals surface area contributed by atoms with Crippen molar-refractivity contribution in [2.75, 3.05) is 7.11 Å². The Bertz CT molecular complexity index is 464. The van der Waals surface area contributed by atoms with Gasteiger partial charge >= 0.3 is 0 Å². The second-order valence-corrected chi connectivity index (χ2v) is 4.55. The number of hydrogen-bond donors (Lipinski definition) is 0. The molecule has 0 bridgehead atoms. The smallest absolute Gasteiger partial charge is 0.233 e. The van der Waals surface area contributed by atoms with Crippen LogP contribution in [-0.4, -0.2) is 22.3 Å². The lowest BCUT2D eigenvalue weighted by molar-refractivity contribution is 0.392. The molecular formula is C11H13N3OS. The molecular weight excluding hydrogens is 222 g/mol. The highest BCUT2D eigenvalue weighted by Crippen LogP contribution is 2.25. The summed E-state index contributed by atoms with van der Waals surface area (Å²) in [6.07, 6.45) is 0. The average molecular weight is 235 g/mol. The molecule has 0 unspecified atom stereocenters. The fraction of sp³-hybridized carbons (Fsp3) is 0.364. The fourth-order valence-corrected chi connectivity index (χ4v) is 2.16. The van der Waals surface area contributed by atoms with Gasteiger partial charge in [0.1, 0.15) is 10.7 Å². The van der Waals surface area contributed by atoms with Crippen LogP contribution in [0.15, 0.2) is 17.5 Å². The number of thiazole rings is 1. The molecule has 4 nitrogen and oxygen atoms in total. The average Bonchev–Trinajstić information content (AvgIpc) is 2.78. The van der Waals surface area contributed by atoms with E-state index in [9.17, 15) is 0 Å². The van der Waals surface area contributed by atoms with Gasteiger partial charge in [0, 0.05) is 11.4 Å². The van der Waals surface area contributed by atoms with Crippen LogP contribution < -0.4 is 4.74 Å². The van der Waals surface area contributed by atoms with Crippen LogP contribution in [-0.2, 0) is 0 Å². The van der Waals surface area contributed by atoms with Gasteiger partial charge in [-0.15, -0.1) is 21.5 Å². The first kappa shape index (κ1) is 11.0. The molecule has 0 aliphatic rings. The molecule has 0 N–H and O–H groups in total. The molecule has 0 fully saturated rings. The van der Waals surface area contributed by atoms with E-state index in [1.54, 1.807) is 24.5 Å². The monoisotopic (exact) mass is 235 g/mol. The van der Waals surface area contributed by atoms with Crippen molar-refractivity contribution in [1.82, 2.24) is 15.2 Å². The van der Waals surface area contributed by atoms with Crippen molar-refractivity contribution in [3.63, 3.8) is 0 Å². The number of rotatable bonds is 3. The number of methoxy groups -OCH3 is 1. The summed E-state index contributed by atoms with van der Waals surface area (Å²) in [5.74, 6) is 0.959. The van der Waals surface area contributed by atoms with E-state index in [0.29, 0.717) is 11.8 Å². The van der Waals surface area contributed by atoms with Crippen molar-refractivity contribution in [3.8, 4) is 16.6 Å². The van der Waals surface area contributed by atoms with E-state index in [-0.39, 0.29) is 0 Å².